The molecular weight excluding hydrogens is 949 g/mol. The monoisotopic (exact) mass is 1020 g/mol. The van der Waals surface area contributed by atoms with E-state index in [1.165, 1.54) is 18.7 Å². The summed E-state index contributed by atoms with van der Waals surface area (Å²) in [4.78, 5) is 105. The lowest BCUT2D eigenvalue weighted by Crippen LogP contribution is -2.56. The zero-order chi connectivity index (χ0) is 54.6. The van der Waals surface area contributed by atoms with Crippen LogP contribution in [0.2, 0.25) is 0 Å². The predicted octanol–water partition coefficient (Wildman–Crippen LogP) is 3.39. The van der Waals surface area contributed by atoms with Gasteiger partial charge in [-0.3, -0.25) is 33.6 Å². The van der Waals surface area contributed by atoms with Gasteiger partial charge in [-0.2, -0.15) is 0 Å². The van der Waals surface area contributed by atoms with E-state index in [9.17, 15) is 47.9 Å². The number of benzene rings is 2. The lowest BCUT2D eigenvalue weighted by Gasteiger charge is -2.41. The van der Waals surface area contributed by atoms with Gasteiger partial charge >= 0.3 is 5.97 Å². The Hall–Kier alpha value is -6.74. The Morgan fingerprint density at radius 2 is 1.40 bits per heavy atom. The van der Waals surface area contributed by atoms with E-state index in [0.29, 0.717) is 43.6 Å². The van der Waals surface area contributed by atoms with Gasteiger partial charge in [0.25, 0.3) is 0 Å². The first-order valence-electron chi connectivity index (χ1n) is 24.5. The SMILES string of the molecule is C[C@H](NC(=O)CCCC(=O)N[C@@H](CCCCN)C(=O)OC(C)(C)C)C(=O)N[C@@H](C)C(=O)N[C@@H](CC(N)=O)C(=O)NCCCN(C(=O)CO)[C@@H](c1cc(-c2cc(F)ccc2F)cn1Cc1ccccc1)C(C)(C)C. The van der Waals surface area contributed by atoms with E-state index in [1.54, 1.807) is 33.0 Å². The van der Waals surface area contributed by atoms with Crippen molar-refractivity contribution in [1.82, 2.24) is 36.1 Å². The van der Waals surface area contributed by atoms with Gasteiger partial charge in [0.05, 0.1) is 12.5 Å². The summed E-state index contributed by atoms with van der Waals surface area (Å²) in [6.45, 7) is 13.3. The van der Waals surface area contributed by atoms with Gasteiger partial charge in [-0.05, 0) is 109 Å². The van der Waals surface area contributed by atoms with Crippen LogP contribution in [0.4, 0.5) is 8.78 Å². The molecule has 0 saturated carbocycles. The topological polar surface area (TPSA) is 286 Å². The minimum Gasteiger partial charge on any atom is -0.458 e. The maximum atomic E-state index is 15.2. The quantitative estimate of drug-likeness (QED) is 0.0386. The molecule has 402 valence electrons. The first-order valence-corrected chi connectivity index (χ1v) is 24.5. The maximum absolute atomic E-state index is 15.2. The molecule has 2 aromatic carbocycles. The van der Waals surface area contributed by atoms with E-state index in [2.05, 4.69) is 26.6 Å². The van der Waals surface area contributed by atoms with E-state index in [0.717, 1.165) is 23.8 Å². The van der Waals surface area contributed by atoms with Crippen molar-refractivity contribution in [1.29, 1.82) is 0 Å². The Morgan fingerprint density at radius 1 is 0.767 bits per heavy atom. The number of aromatic nitrogens is 1. The van der Waals surface area contributed by atoms with E-state index >= 15 is 4.39 Å². The summed E-state index contributed by atoms with van der Waals surface area (Å²) in [5, 5.41) is 22.9. The number of hydrogen-bond donors (Lipinski definition) is 8. The number of nitrogens with one attached hydrogen (secondary N) is 5. The molecule has 0 bridgehead atoms. The number of aliphatic hydroxyl groups is 1. The molecule has 21 heteroatoms. The van der Waals surface area contributed by atoms with E-state index in [-0.39, 0.29) is 44.3 Å². The number of nitrogens with zero attached hydrogens (tertiary/aromatic N) is 2. The number of unbranched alkanes of at least 4 members (excludes halogenated alkanes) is 1. The molecule has 0 aliphatic carbocycles. The summed E-state index contributed by atoms with van der Waals surface area (Å²) in [6, 6.07) is 8.77. The van der Waals surface area contributed by atoms with Gasteiger partial charge in [0.1, 0.15) is 48.0 Å². The molecule has 0 spiro atoms. The molecule has 5 atom stereocenters. The molecule has 1 aromatic heterocycles. The third-order valence-electron chi connectivity index (χ3n) is 11.5. The van der Waals surface area contributed by atoms with Crippen molar-refractivity contribution < 1.29 is 57.0 Å². The second kappa shape index (κ2) is 28.5. The van der Waals surface area contributed by atoms with Gasteiger partial charge in [0, 0.05) is 55.5 Å². The number of primary amides is 1. The largest absolute Gasteiger partial charge is 0.458 e. The van der Waals surface area contributed by atoms with Gasteiger partial charge in [0.2, 0.25) is 41.4 Å². The number of halogens is 2. The fraction of sp³-hybridized carbons (Fsp3) is 0.538. The number of ether oxygens (including phenoxy) is 1. The zero-order valence-corrected chi connectivity index (χ0v) is 43.3. The number of carbonyl (C=O) groups is 8. The molecule has 3 aromatic rings. The molecular formula is C52H75F2N9O10. The van der Waals surface area contributed by atoms with Crippen LogP contribution in [0, 0.1) is 17.0 Å². The van der Waals surface area contributed by atoms with Crippen LogP contribution in [0.25, 0.3) is 11.1 Å². The summed E-state index contributed by atoms with van der Waals surface area (Å²) in [5.41, 5.74) is 11.4. The third-order valence-corrected chi connectivity index (χ3v) is 11.5. The standard InChI is InChI=1S/C52H75F2N9O10/c1-32(58-43(66)19-14-20-44(67)60-39(18-12-13-23-55)50(72)73-52(6,7)8)47(69)59-33(2)48(70)61-40(28-42(56)65)49(71)57-24-15-25-63(45(68)31-64)46(51(3,4)5)41-26-35(37-27-36(53)21-22-38(37)54)30-62(41)29-34-16-10-9-11-17-34/h9-11,16-17,21-22,26-27,30,32-33,39-40,46,64H,12-15,18-20,23-25,28-29,31,55H2,1-8H3,(H2,56,65)(H,57,71)(H,58,66)(H,59,69)(H,60,67)(H,61,70)/t32-,33-,39-,40-,46-/m0/s1. The van der Waals surface area contributed by atoms with Crippen molar-refractivity contribution in [2.75, 3.05) is 26.2 Å². The van der Waals surface area contributed by atoms with Crippen molar-refractivity contribution in [3.8, 4) is 11.1 Å². The van der Waals surface area contributed by atoms with Gasteiger partial charge in [0.15, 0.2) is 0 Å². The van der Waals surface area contributed by atoms with Crippen molar-refractivity contribution in [3.05, 3.63) is 83.7 Å². The lowest BCUT2D eigenvalue weighted by atomic mass is 9.83. The average Bonchev–Trinajstić information content (AvgIpc) is 3.70. The van der Waals surface area contributed by atoms with E-state index in [1.807, 2.05) is 55.7 Å². The molecule has 0 saturated heterocycles. The van der Waals surface area contributed by atoms with Gasteiger partial charge in [-0.15, -0.1) is 0 Å². The third kappa shape index (κ3) is 20.4. The Labute approximate surface area is 426 Å². The summed E-state index contributed by atoms with van der Waals surface area (Å²) >= 11 is 0. The molecule has 19 nitrogen and oxygen atoms in total. The van der Waals surface area contributed by atoms with Crippen LogP contribution in [-0.4, -0.2) is 118 Å². The van der Waals surface area contributed by atoms with Crippen LogP contribution in [-0.2, 0) is 49.6 Å². The highest BCUT2D eigenvalue weighted by molar-refractivity contribution is 5.95. The molecule has 0 aliphatic heterocycles. The summed E-state index contributed by atoms with van der Waals surface area (Å²) in [6.07, 6.45) is 2.66. The van der Waals surface area contributed by atoms with Crippen molar-refractivity contribution >= 4 is 47.3 Å². The first-order chi connectivity index (χ1) is 34.2. The van der Waals surface area contributed by atoms with Crippen LogP contribution in [0.5, 0.6) is 0 Å². The van der Waals surface area contributed by atoms with E-state index < -0.39 is 113 Å². The maximum Gasteiger partial charge on any atom is 0.329 e. The summed E-state index contributed by atoms with van der Waals surface area (Å²) in [7, 11) is 0. The molecule has 1 heterocycles. The Morgan fingerprint density at radius 3 is 2.00 bits per heavy atom. The molecule has 73 heavy (non-hydrogen) atoms. The number of nitrogens with two attached hydrogens (primary N) is 2. The van der Waals surface area contributed by atoms with Gasteiger partial charge in [-0.25, -0.2) is 13.6 Å². The first kappa shape index (κ1) is 60.6. The highest BCUT2D eigenvalue weighted by Crippen LogP contribution is 2.41. The molecule has 0 unspecified atom stereocenters. The Balaban J connectivity index is 1.63. The molecule has 0 fully saturated rings. The van der Waals surface area contributed by atoms with Gasteiger partial charge in [-0.1, -0.05) is 51.1 Å². The van der Waals surface area contributed by atoms with Crippen LogP contribution < -0.4 is 38.1 Å². The van der Waals surface area contributed by atoms with Crippen molar-refractivity contribution in [3.63, 3.8) is 0 Å². The van der Waals surface area contributed by atoms with Crippen molar-refractivity contribution in [2.45, 2.75) is 149 Å². The summed E-state index contributed by atoms with van der Waals surface area (Å²) in [5.74, 6) is -6.82. The van der Waals surface area contributed by atoms with Crippen molar-refractivity contribution in [2.24, 2.45) is 16.9 Å². The number of rotatable bonds is 28. The molecule has 10 N–H and O–H groups in total. The number of carbonyl (C=O) groups excluding carboxylic acids is 8. The lowest BCUT2D eigenvalue weighted by molar-refractivity contribution is -0.159. The summed E-state index contributed by atoms with van der Waals surface area (Å²) < 4.78 is 36.9. The zero-order valence-electron chi connectivity index (χ0n) is 43.3. The van der Waals surface area contributed by atoms with Crippen LogP contribution in [0.1, 0.15) is 124 Å². The fourth-order valence-electron chi connectivity index (χ4n) is 7.97. The van der Waals surface area contributed by atoms with Crippen LogP contribution >= 0.6 is 0 Å². The Kier molecular flexibility index (Phi) is 23.6. The molecule has 0 aliphatic rings. The van der Waals surface area contributed by atoms with E-state index in [4.69, 9.17) is 16.2 Å². The average molecular weight is 1020 g/mol. The number of esters is 1. The van der Waals surface area contributed by atoms with Gasteiger partial charge < -0.3 is 57.4 Å². The van der Waals surface area contributed by atoms with Crippen LogP contribution in [0.15, 0.2) is 60.8 Å². The molecule has 7 amide bonds. The minimum atomic E-state index is -1.47. The second-order valence-corrected chi connectivity index (χ2v) is 20.1. The smallest absolute Gasteiger partial charge is 0.329 e. The number of hydrogen-bond acceptors (Lipinski definition) is 11. The minimum absolute atomic E-state index is 0.00596. The molecule has 0 radical (unpaired) electrons. The highest BCUT2D eigenvalue weighted by Gasteiger charge is 2.37. The Bertz CT molecular complexity index is 2370. The predicted molar refractivity (Wildman–Crippen MR) is 269 cm³/mol. The fourth-order valence-corrected chi connectivity index (χ4v) is 7.97. The normalized spacial score (nSPS) is 13.6. The highest BCUT2D eigenvalue weighted by atomic mass is 19.1. The molecule has 3 rings (SSSR count). The second-order valence-electron chi connectivity index (χ2n) is 20.1. The number of aliphatic hydroxyl groups excluding tert-OH is 1. The number of amides is 7. The van der Waals surface area contributed by atoms with Crippen LogP contribution in [0.3, 0.4) is 0 Å².